The third-order valence-corrected chi connectivity index (χ3v) is 3.79. The van der Waals surface area contributed by atoms with Crippen LogP contribution in [-0.4, -0.2) is 9.59 Å². The predicted octanol–water partition coefficient (Wildman–Crippen LogP) is 3.73. The van der Waals surface area contributed by atoms with Crippen LogP contribution in [0, 0.1) is 0 Å². The number of nitrogens with zero attached hydrogens (tertiary/aromatic N) is 2. The van der Waals surface area contributed by atoms with Crippen molar-refractivity contribution in [1.29, 1.82) is 0 Å². The van der Waals surface area contributed by atoms with Gasteiger partial charge in [0, 0.05) is 0 Å². The monoisotopic (exact) mass is 301 g/mol. The second-order valence-electron chi connectivity index (χ2n) is 4.77. The van der Waals surface area contributed by atoms with Gasteiger partial charge in [0.2, 0.25) is 0 Å². The van der Waals surface area contributed by atoms with E-state index in [0.29, 0.717) is 5.56 Å². The molecule has 0 spiro atoms. The molecule has 1 aromatic carbocycles. The number of alkyl halides is 3. The summed E-state index contributed by atoms with van der Waals surface area (Å²) in [5.41, 5.74) is 6.84. The first-order chi connectivity index (χ1) is 9.30. The summed E-state index contributed by atoms with van der Waals surface area (Å²) in [7, 11) is 0. The molecular weight excluding hydrogens is 287 g/mol. The molecule has 0 radical (unpaired) electrons. The molecule has 3 nitrogen and oxygen atoms in total. The average Bonchev–Trinajstić information content (AvgIpc) is 2.86. The standard InChI is InChI=1S/C13H14F3N3S/c1-7(2)11-12(20-19-18-11)10(17)8-3-5-9(6-4-8)13(14,15)16/h3-7,10H,17H2,1-2H3. The third-order valence-electron chi connectivity index (χ3n) is 2.97. The number of nitrogens with two attached hydrogens (primary N) is 1. The fourth-order valence-electron chi connectivity index (χ4n) is 1.85. The summed E-state index contributed by atoms with van der Waals surface area (Å²) < 4.78 is 41.4. The van der Waals surface area contributed by atoms with Crippen molar-refractivity contribution < 1.29 is 13.2 Å². The van der Waals surface area contributed by atoms with E-state index in [9.17, 15) is 13.2 Å². The Morgan fingerprint density at radius 2 is 1.75 bits per heavy atom. The maximum absolute atomic E-state index is 12.5. The van der Waals surface area contributed by atoms with Crippen molar-refractivity contribution in [2.75, 3.05) is 0 Å². The summed E-state index contributed by atoms with van der Waals surface area (Å²) in [5.74, 6) is 0.171. The Labute approximate surface area is 118 Å². The SMILES string of the molecule is CC(C)c1nnsc1C(N)c1ccc(C(F)(F)F)cc1. The summed E-state index contributed by atoms with van der Waals surface area (Å²) >= 11 is 1.18. The molecule has 0 aliphatic carbocycles. The largest absolute Gasteiger partial charge is 0.416 e. The number of halogens is 3. The van der Waals surface area contributed by atoms with Crippen LogP contribution in [0.3, 0.4) is 0 Å². The van der Waals surface area contributed by atoms with Crippen LogP contribution < -0.4 is 5.73 Å². The van der Waals surface area contributed by atoms with E-state index in [1.165, 1.54) is 23.7 Å². The molecule has 0 saturated heterocycles. The van der Waals surface area contributed by atoms with Crippen molar-refractivity contribution in [1.82, 2.24) is 9.59 Å². The van der Waals surface area contributed by atoms with Gasteiger partial charge in [-0.1, -0.05) is 30.5 Å². The van der Waals surface area contributed by atoms with Gasteiger partial charge < -0.3 is 5.73 Å². The molecule has 0 aliphatic heterocycles. The minimum atomic E-state index is -4.34. The fraction of sp³-hybridized carbons (Fsp3) is 0.385. The topological polar surface area (TPSA) is 51.8 Å². The molecule has 20 heavy (non-hydrogen) atoms. The summed E-state index contributed by atoms with van der Waals surface area (Å²) in [6.07, 6.45) is -4.34. The highest BCUT2D eigenvalue weighted by Gasteiger charge is 2.30. The van der Waals surface area contributed by atoms with Crippen molar-refractivity contribution >= 4 is 11.5 Å². The lowest BCUT2D eigenvalue weighted by Crippen LogP contribution is -2.13. The Kier molecular flexibility index (Phi) is 4.10. The van der Waals surface area contributed by atoms with Crippen LogP contribution in [0.1, 0.15) is 47.5 Å². The van der Waals surface area contributed by atoms with E-state index >= 15 is 0 Å². The minimum Gasteiger partial charge on any atom is -0.320 e. The Balaban J connectivity index is 2.29. The highest BCUT2D eigenvalue weighted by Crippen LogP contribution is 2.32. The Bertz CT molecular complexity index is 575. The second-order valence-corrected chi connectivity index (χ2v) is 5.56. The lowest BCUT2D eigenvalue weighted by atomic mass is 10.00. The molecule has 0 aliphatic rings. The van der Waals surface area contributed by atoms with Crippen molar-refractivity contribution in [3.63, 3.8) is 0 Å². The number of hydrogen-bond acceptors (Lipinski definition) is 4. The molecule has 7 heteroatoms. The number of benzene rings is 1. The molecule has 0 fully saturated rings. The number of aromatic nitrogens is 2. The number of rotatable bonds is 3. The summed E-state index contributed by atoms with van der Waals surface area (Å²) in [6, 6.07) is 4.38. The van der Waals surface area contributed by atoms with E-state index in [1.807, 2.05) is 13.8 Å². The zero-order valence-electron chi connectivity index (χ0n) is 11.0. The van der Waals surface area contributed by atoms with E-state index in [1.54, 1.807) is 0 Å². The Morgan fingerprint density at radius 1 is 1.15 bits per heavy atom. The van der Waals surface area contributed by atoms with E-state index in [0.717, 1.165) is 22.7 Å². The van der Waals surface area contributed by atoms with Gasteiger partial charge in [-0.3, -0.25) is 0 Å². The van der Waals surface area contributed by atoms with Crippen LogP contribution in [0.2, 0.25) is 0 Å². The quantitative estimate of drug-likeness (QED) is 0.940. The Morgan fingerprint density at radius 3 is 2.25 bits per heavy atom. The zero-order valence-corrected chi connectivity index (χ0v) is 11.8. The number of hydrogen-bond donors (Lipinski definition) is 1. The van der Waals surface area contributed by atoms with Gasteiger partial charge >= 0.3 is 6.18 Å². The van der Waals surface area contributed by atoms with Gasteiger partial charge in [0.05, 0.1) is 22.2 Å². The molecule has 2 rings (SSSR count). The van der Waals surface area contributed by atoms with Crippen molar-refractivity contribution in [2.24, 2.45) is 5.73 Å². The van der Waals surface area contributed by atoms with E-state index in [2.05, 4.69) is 9.59 Å². The predicted molar refractivity (Wildman–Crippen MR) is 71.5 cm³/mol. The molecule has 0 bridgehead atoms. The zero-order chi connectivity index (χ0) is 14.9. The van der Waals surface area contributed by atoms with Crippen molar-refractivity contribution in [3.8, 4) is 0 Å². The Hall–Kier alpha value is -1.47. The highest BCUT2D eigenvalue weighted by molar-refractivity contribution is 7.05. The maximum atomic E-state index is 12.5. The molecule has 1 atom stereocenters. The minimum absolute atomic E-state index is 0.171. The van der Waals surface area contributed by atoms with Crippen LogP contribution in [0.4, 0.5) is 13.2 Å². The molecule has 1 heterocycles. The van der Waals surface area contributed by atoms with E-state index < -0.39 is 17.8 Å². The van der Waals surface area contributed by atoms with E-state index in [4.69, 9.17) is 5.73 Å². The van der Waals surface area contributed by atoms with Gasteiger partial charge in [0.25, 0.3) is 0 Å². The van der Waals surface area contributed by atoms with Crippen LogP contribution in [0.15, 0.2) is 24.3 Å². The van der Waals surface area contributed by atoms with Crippen molar-refractivity contribution in [3.05, 3.63) is 46.0 Å². The van der Waals surface area contributed by atoms with Gasteiger partial charge in [0.15, 0.2) is 0 Å². The molecular formula is C13H14F3N3S. The first kappa shape index (κ1) is 14.9. The second kappa shape index (κ2) is 5.49. The van der Waals surface area contributed by atoms with Crippen LogP contribution in [0.5, 0.6) is 0 Å². The van der Waals surface area contributed by atoms with Crippen LogP contribution in [-0.2, 0) is 6.18 Å². The van der Waals surface area contributed by atoms with Crippen LogP contribution >= 0.6 is 11.5 Å². The van der Waals surface area contributed by atoms with Gasteiger partial charge in [-0.2, -0.15) is 13.2 Å². The molecule has 108 valence electrons. The molecule has 1 aromatic heterocycles. The van der Waals surface area contributed by atoms with Crippen LogP contribution in [0.25, 0.3) is 0 Å². The first-order valence-corrected chi connectivity index (χ1v) is 6.83. The van der Waals surface area contributed by atoms with Crippen molar-refractivity contribution in [2.45, 2.75) is 32.0 Å². The molecule has 1 unspecified atom stereocenters. The average molecular weight is 301 g/mol. The first-order valence-electron chi connectivity index (χ1n) is 6.05. The maximum Gasteiger partial charge on any atom is 0.416 e. The van der Waals surface area contributed by atoms with Gasteiger partial charge in [-0.25, -0.2) is 0 Å². The van der Waals surface area contributed by atoms with E-state index in [-0.39, 0.29) is 5.92 Å². The lowest BCUT2D eigenvalue weighted by molar-refractivity contribution is -0.137. The highest BCUT2D eigenvalue weighted by atomic mass is 32.1. The van der Waals surface area contributed by atoms with Gasteiger partial charge in [-0.05, 0) is 35.1 Å². The molecule has 2 N–H and O–H groups in total. The smallest absolute Gasteiger partial charge is 0.320 e. The third kappa shape index (κ3) is 2.99. The summed E-state index contributed by atoms with van der Waals surface area (Å²) in [6.45, 7) is 3.94. The summed E-state index contributed by atoms with van der Waals surface area (Å²) in [5, 5.41) is 4.03. The van der Waals surface area contributed by atoms with Gasteiger partial charge in [0.1, 0.15) is 0 Å². The lowest BCUT2D eigenvalue weighted by Gasteiger charge is -2.14. The molecule has 2 aromatic rings. The molecule has 0 amide bonds. The van der Waals surface area contributed by atoms with Gasteiger partial charge in [-0.15, -0.1) is 5.10 Å². The summed E-state index contributed by atoms with van der Waals surface area (Å²) in [4.78, 5) is 0.791. The normalized spacial score (nSPS) is 13.8. The molecule has 0 saturated carbocycles. The fourth-order valence-corrected chi connectivity index (χ4v) is 2.69.